The summed E-state index contributed by atoms with van der Waals surface area (Å²) < 4.78 is 5.78. The number of hydrogen-bond donors (Lipinski definition) is 0. The molecule has 4 aliphatic carbocycles. The Morgan fingerprint density at radius 2 is 1.56 bits per heavy atom. The molecule has 0 aromatic carbocycles. The van der Waals surface area contributed by atoms with Gasteiger partial charge in [0.2, 0.25) is 0 Å². The average molecular weight is 222 g/mol. The van der Waals surface area contributed by atoms with Crippen LogP contribution in [0.4, 0.5) is 0 Å². The maximum atomic E-state index is 5.78. The summed E-state index contributed by atoms with van der Waals surface area (Å²) in [6, 6.07) is 0. The molecule has 1 heteroatoms. The van der Waals surface area contributed by atoms with E-state index in [2.05, 4.69) is 20.8 Å². The van der Waals surface area contributed by atoms with Gasteiger partial charge in [0.15, 0.2) is 0 Å². The Bertz CT molecular complexity index is 272. The van der Waals surface area contributed by atoms with Crippen LogP contribution >= 0.6 is 0 Å². The van der Waals surface area contributed by atoms with Gasteiger partial charge in [0.1, 0.15) is 0 Å². The molecule has 0 aromatic rings. The Kier molecular flexibility index (Phi) is 2.25. The highest BCUT2D eigenvalue weighted by Gasteiger charge is 2.59. The zero-order valence-corrected chi connectivity index (χ0v) is 11.3. The van der Waals surface area contributed by atoms with Gasteiger partial charge in [-0.05, 0) is 60.7 Å². The van der Waals surface area contributed by atoms with Crippen LogP contribution in [0.2, 0.25) is 0 Å². The standard InChI is InChI=1S/C15H26O/c1-14(2,3)15-7-10-5-11(8-15)13(16-4)12(6-10)9-15/h10-13H,5-9H2,1-4H3. The van der Waals surface area contributed by atoms with Crippen molar-refractivity contribution in [3.05, 3.63) is 0 Å². The summed E-state index contributed by atoms with van der Waals surface area (Å²) in [5.41, 5.74) is 1.12. The van der Waals surface area contributed by atoms with Crippen LogP contribution < -0.4 is 0 Å². The first-order valence-corrected chi connectivity index (χ1v) is 6.98. The van der Waals surface area contributed by atoms with Gasteiger partial charge in [-0.15, -0.1) is 0 Å². The summed E-state index contributed by atoms with van der Waals surface area (Å²) in [5.74, 6) is 2.76. The number of methoxy groups -OCH3 is 1. The molecule has 1 nitrogen and oxygen atoms in total. The maximum Gasteiger partial charge on any atom is 0.0628 e. The smallest absolute Gasteiger partial charge is 0.0628 e. The highest BCUT2D eigenvalue weighted by Crippen LogP contribution is 2.66. The number of rotatable bonds is 1. The van der Waals surface area contributed by atoms with E-state index >= 15 is 0 Å². The molecule has 2 unspecified atom stereocenters. The van der Waals surface area contributed by atoms with Crippen LogP contribution in [0.1, 0.15) is 52.9 Å². The third kappa shape index (κ3) is 1.33. The molecule has 0 spiro atoms. The fourth-order valence-corrected chi connectivity index (χ4v) is 5.28. The molecule has 2 atom stereocenters. The van der Waals surface area contributed by atoms with Crippen molar-refractivity contribution in [2.24, 2.45) is 28.6 Å². The van der Waals surface area contributed by atoms with Crippen LogP contribution in [-0.2, 0) is 4.74 Å². The molecule has 0 amide bonds. The molecule has 0 saturated heterocycles. The molecular weight excluding hydrogens is 196 g/mol. The predicted molar refractivity (Wildman–Crippen MR) is 66.2 cm³/mol. The van der Waals surface area contributed by atoms with E-state index in [1.165, 1.54) is 32.1 Å². The van der Waals surface area contributed by atoms with Gasteiger partial charge in [0.05, 0.1) is 6.10 Å². The van der Waals surface area contributed by atoms with Crippen molar-refractivity contribution in [3.8, 4) is 0 Å². The Morgan fingerprint density at radius 3 is 2.00 bits per heavy atom. The molecule has 4 fully saturated rings. The van der Waals surface area contributed by atoms with Gasteiger partial charge in [-0.1, -0.05) is 20.8 Å². The van der Waals surface area contributed by atoms with E-state index < -0.39 is 0 Å². The third-order valence-corrected chi connectivity index (χ3v) is 6.05. The lowest BCUT2D eigenvalue weighted by molar-refractivity contribution is -0.179. The summed E-state index contributed by atoms with van der Waals surface area (Å²) in [6.07, 6.45) is 7.86. The van der Waals surface area contributed by atoms with Crippen molar-refractivity contribution in [2.45, 2.75) is 59.0 Å². The Balaban J connectivity index is 1.92. The zero-order valence-electron chi connectivity index (χ0n) is 11.3. The van der Waals surface area contributed by atoms with E-state index in [0.29, 0.717) is 16.9 Å². The third-order valence-electron chi connectivity index (χ3n) is 6.05. The van der Waals surface area contributed by atoms with E-state index in [9.17, 15) is 0 Å². The van der Waals surface area contributed by atoms with Crippen molar-refractivity contribution in [3.63, 3.8) is 0 Å². The molecule has 0 heterocycles. The first kappa shape index (κ1) is 11.1. The first-order chi connectivity index (χ1) is 7.45. The Labute approximate surface area is 99.9 Å². The normalized spacial score (nSPS) is 51.0. The van der Waals surface area contributed by atoms with E-state index in [1.54, 1.807) is 0 Å². The highest BCUT2D eigenvalue weighted by molar-refractivity contribution is 5.09. The number of ether oxygens (including phenoxy) is 1. The summed E-state index contributed by atoms with van der Waals surface area (Å²) in [5, 5.41) is 0. The second-order valence-corrected chi connectivity index (χ2v) is 7.70. The second kappa shape index (κ2) is 3.25. The molecule has 0 aromatic heterocycles. The van der Waals surface area contributed by atoms with E-state index in [-0.39, 0.29) is 0 Å². The molecule has 0 aliphatic heterocycles. The van der Waals surface area contributed by atoms with Crippen molar-refractivity contribution < 1.29 is 4.74 Å². The SMILES string of the molecule is COC1C2CC3CC1CC(C(C)(C)C)(C3)C2. The van der Waals surface area contributed by atoms with Crippen LogP contribution in [0.3, 0.4) is 0 Å². The van der Waals surface area contributed by atoms with Gasteiger partial charge in [-0.3, -0.25) is 0 Å². The lowest BCUT2D eigenvalue weighted by Crippen LogP contribution is -2.57. The van der Waals surface area contributed by atoms with Crippen molar-refractivity contribution >= 4 is 0 Å². The summed E-state index contributed by atoms with van der Waals surface area (Å²) >= 11 is 0. The summed E-state index contributed by atoms with van der Waals surface area (Å²) in [6.45, 7) is 7.38. The van der Waals surface area contributed by atoms with Gasteiger partial charge >= 0.3 is 0 Å². The van der Waals surface area contributed by atoms with Crippen LogP contribution in [0.15, 0.2) is 0 Å². The molecule has 4 saturated carbocycles. The van der Waals surface area contributed by atoms with E-state index in [0.717, 1.165) is 17.8 Å². The molecule has 0 radical (unpaired) electrons. The minimum atomic E-state index is 0.487. The monoisotopic (exact) mass is 222 g/mol. The fourth-order valence-electron chi connectivity index (χ4n) is 5.28. The molecule has 92 valence electrons. The van der Waals surface area contributed by atoms with Gasteiger partial charge in [-0.2, -0.15) is 0 Å². The van der Waals surface area contributed by atoms with Crippen molar-refractivity contribution in [2.75, 3.05) is 7.11 Å². The Morgan fingerprint density at radius 1 is 1.00 bits per heavy atom. The van der Waals surface area contributed by atoms with Crippen molar-refractivity contribution in [1.82, 2.24) is 0 Å². The Hall–Kier alpha value is -0.0400. The van der Waals surface area contributed by atoms with Crippen LogP contribution in [0, 0.1) is 28.6 Å². The van der Waals surface area contributed by atoms with Gasteiger partial charge in [-0.25, -0.2) is 0 Å². The van der Waals surface area contributed by atoms with Crippen LogP contribution in [0.25, 0.3) is 0 Å². The second-order valence-electron chi connectivity index (χ2n) is 7.70. The van der Waals surface area contributed by atoms with Crippen molar-refractivity contribution in [1.29, 1.82) is 0 Å². The van der Waals surface area contributed by atoms with Crippen LogP contribution in [-0.4, -0.2) is 13.2 Å². The zero-order chi connectivity index (χ0) is 11.6. The lowest BCUT2D eigenvalue weighted by atomic mass is 9.43. The quantitative estimate of drug-likeness (QED) is 0.654. The lowest BCUT2D eigenvalue weighted by Gasteiger charge is -2.64. The molecule has 16 heavy (non-hydrogen) atoms. The molecular formula is C15H26O. The highest BCUT2D eigenvalue weighted by atomic mass is 16.5. The topological polar surface area (TPSA) is 9.23 Å². The molecule has 4 rings (SSSR count). The maximum absolute atomic E-state index is 5.78. The van der Waals surface area contributed by atoms with Gasteiger partial charge in [0, 0.05) is 7.11 Å². The summed E-state index contributed by atoms with van der Waals surface area (Å²) in [4.78, 5) is 0. The number of hydrogen-bond acceptors (Lipinski definition) is 1. The minimum Gasteiger partial charge on any atom is -0.381 e. The minimum absolute atomic E-state index is 0.487. The first-order valence-electron chi connectivity index (χ1n) is 6.98. The molecule has 0 N–H and O–H groups in total. The van der Waals surface area contributed by atoms with Gasteiger partial charge < -0.3 is 4.74 Å². The van der Waals surface area contributed by atoms with Gasteiger partial charge in [0.25, 0.3) is 0 Å². The van der Waals surface area contributed by atoms with E-state index in [4.69, 9.17) is 4.74 Å². The average Bonchev–Trinajstić information content (AvgIpc) is 2.14. The molecule has 4 aliphatic rings. The van der Waals surface area contributed by atoms with E-state index in [1.807, 2.05) is 7.11 Å². The molecule has 4 bridgehead atoms. The van der Waals surface area contributed by atoms with Crippen LogP contribution in [0.5, 0.6) is 0 Å². The fraction of sp³-hybridized carbons (Fsp3) is 1.00. The predicted octanol–water partition coefficient (Wildman–Crippen LogP) is 3.87. The summed E-state index contributed by atoms with van der Waals surface area (Å²) in [7, 11) is 1.93. The largest absolute Gasteiger partial charge is 0.381 e.